The fourth-order valence-corrected chi connectivity index (χ4v) is 3.03. The molecule has 0 radical (unpaired) electrons. The van der Waals surface area contributed by atoms with Gasteiger partial charge in [-0.1, -0.05) is 24.3 Å². The van der Waals surface area contributed by atoms with Crippen molar-refractivity contribution >= 4 is 34.8 Å². The molecule has 2 amide bonds. The number of hydrogen-bond donors (Lipinski definition) is 4. The van der Waals surface area contributed by atoms with Crippen molar-refractivity contribution in [2.24, 2.45) is 0 Å². The molecule has 2 atom stereocenters. The summed E-state index contributed by atoms with van der Waals surface area (Å²) in [6, 6.07) is 15.8. The molecule has 30 heavy (non-hydrogen) atoms. The molecule has 0 aromatic heterocycles. The summed E-state index contributed by atoms with van der Waals surface area (Å²) in [6.07, 6.45) is -1.68. The first-order valence-electron chi connectivity index (χ1n) is 9.10. The van der Waals surface area contributed by atoms with Crippen LogP contribution in [0.15, 0.2) is 66.2 Å². The maximum atomic E-state index is 12.9. The summed E-state index contributed by atoms with van der Waals surface area (Å²) >= 11 is 5.14. The molecule has 1 aliphatic heterocycles. The van der Waals surface area contributed by atoms with E-state index in [1.165, 1.54) is 6.08 Å². The second-order valence-electron chi connectivity index (χ2n) is 6.48. The molecule has 0 saturated carbocycles. The van der Waals surface area contributed by atoms with Crippen molar-refractivity contribution in [3.8, 4) is 11.5 Å². The predicted molar refractivity (Wildman–Crippen MR) is 113 cm³/mol. The lowest BCUT2D eigenvalue weighted by atomic mass is 10.1. The van der Waals surface area contributed by atoms with Crippen LogP contribution in [0.1, 0.15) is 6.42 Å². The number of thiocarbonyl (C=S) groups is 1. The number of carbonyl (C=O) groups excluding carboxylic acids is 2. The quantitative estimate of drug-likeness (QED) is 0.298. The minimum absolute atomic E-state index is 0.0742. The molecular weight excluding hydrogens is 408 g/mol. The van der Waals surface area contributed by atoms with Crippen LogP contribution in [0.2, 0.25) is 0 Å². The molecule has 2 aromatic carbocycles. The van der Waals surface area contributed by atoms with E-state index in [2.05, 4.69) is 5.32 Å². The molecule has 4 N–H and O–H groups in total. The van der Waals surface area contributed by atoms with Crippen molar-refractivity contribution in [1.29, 1.82) is 0 Å². The van der Waals surface area contributed by atoms with Gasteiger partial charge in [0.15, 0.2) is 5.11 Å². The lowest BCUT2D eigenvalue weighted by molar-refractivity contribution is -0.122. The molecule has 0 bridgehead atoms. The van der Waals surface area contributed by atoms with E-state index < -0.39 is 30.6 Å². The van der Waals surface area contributed by atoms with Gasteiger partial charge in [-0.05, 0) is 55.0 Å². The van der Waals surface area contributed by atoms with Gasteiger partial charge in [0.1, 0.15) is 23.2 Å². The standard InChI is InChI=1S/C21H20N2O6S/c24-12-18(26)17(25)11-10-16-19(27)22-21(30)23(20(16)28)13-6-8-15(9-7-13)29-14-4-2-1-3-5-14/h1-10,17-18,24-26H,11-12H2,(H,22,27,30)/b16-10+/t17?,18-/m1/s1. The molecule has 1 aliphatic rings. The van der Waals surface area contributed by atoms with E-state index in [4.69, 9.17) is 22.1 Å². The third-order valence-corrected chi connectivity index (χ3v) is 4.65. The first-order valence-corrected chi connectivity index (χ1v) is 9.51. The Labute approximate surface area is 178 Å². The molecule has 3 rings (SSSR count). The molecule has 8 nitrogen and oxygen atoms in total. The lowest BCUT2D eigenvalue weighted by Crippen LogP contribution is -2.54. The number of nitrogens with one attached hydrogen (secondary N) is 1. The molecule has 1 unspecified atom stereocenters. The maximum absolute atomic E-state index is 12.9. The number of aliphatic hydroxyl groups is 3. The van der Waals surface area contributed by atoms with E-state index in [1.807, 2.05) is 30.3 Å². The Hall–Kier alpha value is -3.11. The predicted octanol–water partition coefficient (Wildman–Crippen LogP) is 1.26. The van der Waals surface area contributed by atoms with Crippen LogP contribution in [0.5, 0.6) is 11.5 Å². The Morgan fingerprint density at radius 3 is 2.27 bits per heavy atom. The number of aliphatic hydroxyl groups excluding tert-OH is 3. The van der Waals surface area contributed by atoms with Gasteiger partial charge in [0, 0.05) is 0 Å². The van der Waals surface area contributed by atoms with E-state index in [9.17, 15) is 19.8 Å². The average molecular weight is 428 g/mol. The van der Waals surface area contributed by atoms with E-state index in [1.54, 1.807) is 24.3 Å². The van der Waals surface area contributed by atoms with Crippen LogP contribution in [-0.2, 0) is 9.59 Å². The lowest BCUT2D eigenvalue weighted by Gasteiger charge is -2.29. The third kappa shape index (κ3) is 4.89. The van der Waals surface area contributed by atoms with Crippen molar-refractivity contribution in [3.05, 3.63) is 66.2 Å². The van der Waals surface area contributed by atoms with Gasteiger partial charge in [0.2, 0.25) is 0 Å². The van der Waals surface area contributed by atoms with Crippen LogP contribution in [0.25, 0.3) is 0 Å². The van der Waals surface area contributed by atoms with E-state index in [-0.39, 0.29) is 17.1 Å². The van der Waals surface area contributed by atoms with Gasteiger partial charge in [-0.2, -0.15) is 0 Å². The van der Waals surface area contributed by atoms with Gasteiger partial charge in [0.05, 0.1) is 18.4 Å². The Balaban J connectivity index is 1.78. The van der Waals surface area contributed by atoms with Gasteiger partial charge < -0.3 is 20.1 Å². The zero-order chi connectivity index (χ0) is 21.7. The molecular formula is C21H20N2O6S. The summed E-state index contributed by atoms with van der Waals surface area (Å²) in [5, 5.41) is 30.4. The minimum atomic E-state index is -1.38. The maximum Gasteiger partial charge on any atom is 0.269 e. The van der Waals surface area contributed by atoms with Crippen molar-refractivity contribution in [2.45, 2.75) is 18.6 Å². The zero-order valence-corrected chi connectivity index (χ0v) is 16.6. The smallest absolute Gasteiger partial charge is 0.269 e. The summed E-state index contributed by atoms with van der Waals surface area (Å²) < 4.78 is 5.72. The summed E-state index contributed by atoms with van der Waals surface area (Å²) in [7, 11) is 0. The first-order chi connectivity index (χ1) is 14.4. The highest BCUT2D eigenvalue weighted by Gasteiger charge is 2.34. The monoisotopic (exact) mass is 428 g/mol. The molecule has 2 aromatic rings. The highest BCUT2D eigenvalue weighted by molar-refractivity contribution is 7.80. The van der Waals surface area contributed by atoms with E-state index >= 15 is 0 Å². The van der Waals surface area contributed by atoms with Gasteiger partial charge in [0.25, 0.3) is 11.8 Å². The number of rotatable bonds is 7. The highest BCUT2D eigenvalue weighted by atomic mass is 32.1. The Kier molecular flexibility index (Phi) is 6.91. The molecule has 9 heteroatoms. The third-order valence-electron chi connectivity index (χ3n) is 4.37. The Morgan fingerprint density at radius 2 is 1.63 bits per heavy atom. The number of anilines is 1. The SMILES string of the molecule is O=C1NC(=S)N(c2ccc(Oc3ccccc3)cc2)C(=O)/C1=C/CC(O)[C@H](O)CO. The number of benzene rings is 2. The second-order valence-corrected chi connectivity index (χ2v) is 6.87. The van der Waals surface area contributed by atoms with Gasteiger partial charge in [-0.25, -0.2) is 0 Å². The van der Waals surface area contributed by atoms with E-state index in [0.717, 1.165) is 4.90 Å². The average Bonchev–Trinajstić information content (AvgIpc) is 2.74. The molecule has 1 fully saturated rings. The Morgan fingerprint density at radius 1 is 1.00 bits per heavy atom. The Bertz CT molecular complexity index is 961. The normalized spacial score (nSPS) is 17.6. The number of para-hydroxylation sites is 1. The number of nitrogens with zero attached hydrogens (tertiary/aromatic N) is 1. The van der Waals surface area contributed by atoms with Gasteiger partial charge in [-0.15, -0.1) is 0 Å². The summed E-state index contributed by atoms with van der Waals surface area (Å²) in [6.45, 7) is -0.641. The number of carbonyl (C=O) groups is 2. The molecule has 1 saturated heterocycles. The summed E-state index contributed by atoms with van der Waals surface area (Å²) in [5.74, 6) is -0.140. The second kappa shape index (κ2) is 9.59. The topological polar surface area (TPSA) is 119 Å². The van der Waals surface area contributed by atoms with Crippen molar-refractivity contribution in [1.82, 2.24) is 5.32 Å². The fraction of sp³-hybridized carbons (Fsp3) is 0.190. The first kappa shape index (κ1) is 21.6. The van der Waals surface area contributed by atoms with Crippen LogP contribution >= 0.6 is 12.2 Å². The number of ether oxygens (including phenoxy) is 1. The van der Waals surface area contributed by atoms with E-state index in [0.29, 0.717) is 17.2 Å². The van der Waals surface area contributed by atoms with Crippen molar-refractivity contribution < 1.29 is 29.6 Å². The minimum Gasteiger partial charge on any atom is -0.457 e. The molecule has 156 valence electrons. The van der Waals surface area contributed by atoms with Crippen LogP contribution in [-0.4, -0.2) is 51.1 Å². The van der Waals surface area contributed by atoms with Crippen LogP contribution in [0.3, 0.4) is 0 Å². The number of amides is 2. The largest absolute Gasteiger partial charge is 0.457 e. The van der Waals surface area contributed by atoms with Gasteiger partial charge in [-0.3, -0.25) is 19.8 Å². The molecule has 1 heterocycles. The molecule has 0 spiro atoms. The van der Waals surface area contributed by atoms with Crippen molar-refractivity contribution in [2.75, 3.05) is 11.5 Å². The van der Waals surface area contributed by atoms with Crippen LogP contribution in [0.4, 0.5) is 5.69 Å². The number of hydrogen-bond acceptors (Lipinski definition) is 7. The highest BCUT2D eigenvalue weighted by Crippen LogP contribution is 2.26. The zero-order valence-electron chi connectivity index (χ0n) is 15.8. The summed E-state index contributed by atoms with van der Waals surface area (Å²) in [4.78, 5) is 26.2. The fourth-order valence-electron chi connectivity index (χ4n) is 2.75. The van der Waals surface area contributed by atoms with Crippen molar-refractivity contribution in [3.63, 3.8) is 0 Å². The molecule has 0 aliphatic carbocycles. The summed E-state index contributed by atoms with van der Waals surface area (Å²) in [5.41, 5.74) is 0.199. The van der Waals surface area contributed by atoms with Crippen LogP contribution < -0.4 is 15.0 Å². The van der Waals surface area contributed by atoms with Gasteiger partial charge >= 0.3 is 0 Å². The van der Waals surface area contributed by atoms with Crippen LogP contribution in [0, 0.1) is 0 Å².